The first kappa shape index (κ1) is 10.2. The van der Waals surface area contributed by atoms with E-state index >= 15 is 0 Å². The van der Waals surface area contributed by atoms with Gasteiger partial charge in [0.05, 0.1) is 0 Å². The van der Waals surface area contributed by atoms with Crippen molar-refractivity contribution in [1.82, 2.24) is 0 Å². The Morgan fingerprint density at radius 3 is 2.93 bits per heavy atom. The number of carbonyl (C=O) groups is 1. The van der Waals surface area contributed by atoms with Gasteiger partial charge in [-0.1, -0.05) is 11.2 Å². The largest absolute Gasteiger partial charge is 0.411 e. The van der Waals surface area contributed by atoms with E-state index in [4.69, 9.17) is 5.21 Å². The fraction of sp³-hybridized carbons (Fsp3) is 0.111. The summed E-state index contributed by atoms with van der Waals surface area (Å²) < 4.78 is 13.0. The van der Waals surface area contributed by atoms with E-state index in [9.17, 15) is 9.18 Å². The maximum absolute atomic E-state index is 13.0. The molecule has 1 aromatic carbocycles. The van der Waals surface area contributed by atoms with E-state index in [-0.39, 0.29) is 0 Å². The molecule has 5 heteroatoms. The Morgan fingerprint density at radius 1 is 1.64 bits per heavy atom. The fourth-order valence-corrected chi connectivity index (χ4v) is 0.898. The number of hydrogen-bond donors (Lipinski definition) is 2. The summed E-state index contributed by atoms with van der Waals surface area (Å²) in [6.45, 7) is 1.62. The van der Waals surface area contributed by atoms with Crippen LogP contribution >= 0.6 is 0 Å². The van der Waals surface area contributed by atoms with Gasteiger partial charge in [0.1, 0.15) is 12.0 Å². The van der Waals surface area contributed by atoms with Crippen molar-refractivity contribution in [2.75, 3.05) is 5.32 Å². The summed E-state index contributed by atoms with van der Waals surface area (Å²) in [5, 5.41) is 12.9. The zero-order valence-electron chi connectivity index (χ0n) is 7.49. The summed E-state index contributed by atoms with van der Waals surface area (Å²) in [4.78, 5) is 10.9. The van der Waals surface area contributed by atoms with Gasteiger partial charge in [-0.25, -0.2) is 4.39 Å². The molecule has 0 aliphatic carbocycles. The van der Waals surface area contributed by atoms with Gasteiger partial charge in [0.25, 0.3) is 5.91 Å². The van der Waals surface area contributed by atoms with E-state index in [2.05, 4.69) is 10.5 Å². The zero-order chi connectivity index (χ0) is 10.6. The molecule has 1 aromatic rings. The molecule has 0 heterocycles. The van der Waals surface area contributed by atoms with Crippen LogP contribution in [0.2, 0.25) is 0 Å². The van der Waals surface area contributed by atoms with Crippen LogP contribution in [0.15, 0.2) is 23.4 Å². The molecule has 0 unspecified atom stereocenters. The van der Waals surface area contributed by atoms with Crippen molar-refractivity contribution in [3.8, 4) is 0 Å². The van der Waals surface area contributed by atoms with E-state index in [1.54, 1.807) is 19.1 Å². The SMILES string of the molecule is Cc1ccc(NC(=O)C=NO)cc1F. The van der Waals surface area contributed by atoms with Crippen molar-refractivity contribution in [2.24, 2.45) is 5.16 Å². The first-order valence-electron chi connectivity index (χ1n) is 3.88. The van der Waals surface area contributed by atoms with E-state index in [0.29, 0.717) is 17.5 Å². The van der Waals surface area contributed by atoms with Gasteiger partial charge < -0.3 is 10.5 Å². The summed E-state index contributed by atoms with van der Waals surface area (Å²) in [7, 11) is 0. The molecular formula is C9H9FN2O2. The monoisotopic (exact) mass is 196 g/mol. The number of halogens is 1. The quantitative estimate of drug-likeness (QED) is 0.428. The summed E-state index contributed by atoms with van der Waals surface area (Å²) in [5.41, 5.74) is 0.817. The maximum Gasteiger partial charge on any atom is 0.270 e. The minimum Gasteiger partial charge on any atom is -0.411 e. The second kappa shape index (κ2) is 4.36. The van der Waals surface area contributed by atoms with Crippen LogP contribution in [-0.2, 0) is 4.79 Å². The highest BCUT2D eigenvalue weighted by atomic mass is 19.1. The molecule has 0 saturated carbocycles. The Morgan fingerprint density at radius 2 is 2.36 bits per heavy atom. The van der Waals surface area contributed by atoms with Crippen LogP contribution in [0.4, 0.5) is 10.1 Å². The third kappa shape index (κ3) is 2.55. The number of amides is 1. The lowest BCUT2D eigenvalue weighted by Gasteiger charge is -2.02. The zero-order valence-corrected chi connectivity index (χ0v) is 7.49. The van der Waals surface area contributed by atoms with Gasteiger partial charge in [0.2, 0.25) is 0 Å². The van der Waals surface area contributed by atoms with E-state index in [1.165, 1.54) is 6.07 Å². The molecule has 74 valence electrons. The number of benzene rings is 1. The summed E-state index contributed by atoms with van der Waals surface area (Å²) >= 11 is 0. The second-order valence-electron chi connectivity index (χ2n) is 2.70. The average molecular weight is 196 g/mol. The van der Waals surface area contributed by atoms with Crippen LogP contribution < -0.4 is 5.32 Å². The van der Waals surface area contributed by atoms with E-state index in [0.717, 1.165) is 0 Å². The van der Waals surface area contributed by atoms with Gasteiger partial charge >= 0.3 is 0 Å². The Labute approximate surface area is 80.0 Å². The van der Waals surface area contributed by atoms with Crippen molar-refractivity contribution in [3.63, 3.8) is 0 Å². The van der Waals surface area contributed by atoms with Crippen LogP contribution in [-0.4, -0.2) is 17.3 Å². The number of nitrogens with one attached hydrogen (secondary N) is 1. The molecule has 0 aromatic heterocycles. The van der Waals surface area contributed by atoms with Crippen LogP contribution in [0.3, 0.4) is 0 Å². The lowest BCUT2D eigenvalue weighted by atomic mass is 10.2. The second-order valence-corrected chi connectivity index (χ2v) is 2.70. The molecule has 4 nitrogen and oxygen atoms in total. The maximum atomic E-state index is 13.0. The summed E-state index contributed by atoms with van der Waals surface area (Å²) in [6.07, 6.45) is 0.692. The molecule has 14 heavy (non-hydrogen) atoms. The molecule has 0 radical (unpaired) electrons. The van der Waals surface area contributed by atoms with Crippen molar-refractivity contribution in [1.29, 1.82) is 0 Å². The minimum absolute atomic E-state index is 0.318. The number of rotatable bonds is 2. The molecule has 0 saturated heterocycles. The van der Waals surface area contributed by atoms with Crippen molar-refractivity contribution in [3.05, 3.63) is 29.6 Å². The number of nitrogens with zero attached hydrogens (tertiary/aromatic N) is 1. The molecular weight excluding hydrogens is 187 g/mol. The van der Waals surface area contributed by atoms with Gasteiger partial charge in [-0.2, -0.15) is 0 Å². The number of hydrogen-bond acceptors (Lipinski definition) is 3. The van der Waals surface area contributed by atoms with Gasteiger partial charge in [0.15, 0.2) is 0 Å². The number of oxime groups is 1. The van der Waals surface area contributed by atoms with Gasteiger partial charge in [-0.05, 0) is 24.6 Å². The first-order chi connectivity index (χ1) is 6.63. The topological polar surface area (TPSA) is 61.7 Å². The molecule has 1 amide bonds. The van der Waals surface area contributed by atoms with E-state index < -0.39 is 11.7 Å². The van der Waals surface area contributed by atoms with Crippen molar-refractivity contribution < 1.29 is 14.4 Å². The molecule has 0 aliphatic heterocycles. The minimum atomic E-state index is -0.615. The summed E-state index contributed by atoms with van der Waals surface area (Å²) in [5.74, 6) is -1.01. The predicted octanol–water partition coefficient (Wildman–Crippen LogP) is 1.53. The highest BCUT2D eigenvalue weighted by Gasteiger charge is 2.01. The Hall–Kier alpha value is -1.91. The normalized spacial score (nSPS) is 10.4. The Bertz CT molecular complexity index is 377. The van der Waals surface area contributed by atoms with Gasteiger partial charge in [-0.3, -0.25) is 4.79 Å². The smallest absolute Gasteiger partial charge is 0.270 e. The first-order valence-corrected chi connectivity index (χ1v) is 3.88. The molecule has 0 fully saturated rings. The van der Waals surface area contributed by atoms with E-state index in [1.807, 2.05) is 0 Å². The van der Waals surface area contributed by atoms with Gasteiger partial charge in [0, 0.05) is 5.69 Å². The predicted molar refractivity (Wildman–Crippen MR) is 50.0 cm³/mol. The number of carbonyl (C=O) groups excluding carboxylic acids is 1. The fourth-order valence-electron chi connectivity index (χ4n) is 0.898. The van der Waals surface area contributed by atoms with Crippen LogP contribution in [0, 0.1) is 12.7 Å². The molecule has 1 rings (SSSR count). The van der Waals surface area contributed by atoms with Crippen LogP contribution in [0.25, 0.3) is 0 Å². The standard InChI is InChI=1S/C9H9FN2O2/c1-6-2-3-7(4-8(6)10)12-9(13)5-11-14/h2-5,14H,1H3,(H,12,13). The third-order valence-electron chi connectivity index (χ3n) is 1.61. The molecule has 0 aliphatic rings. The molecule has 0 bridgehead atoms. The lowest BCUT2D eigenvalue weighted by molar-refractivity contribution is -0.110. The Kier molecular flexibility index (Phi) is 3.17. The van der Waals surface area contributed by atoms with Gasteiger partial charge in [-0.15, -0.1) is 0 Å². The molecule has 0 spiro atoms. The van der Waals surface area contributed by atoms with Crippen LogP contribution in [0.1, 0.15) is 5.56 Å². The molecule has 2 N–H and O–H groups in total. The molecule has 0 atom stereocenters. The van der Waals surface area contributed by atoms with Crippen LogP contribution in [0.5, 0.6) is 0 Å². The van der Waals surface area contributed by atoms with Crippen molar-refractivity contribution >= 4 is 17.8 Å². The summed E-state index contributed by atoms with van der Waals surface area (Å²) in [6, 6.07) is 4.29. The Balaban J connectivity index is 2.78. The average Bonchev–Trinajstić information content (AvgIpc) is 2.12. The van der Waals surface area contributed by atoms with Crippen molar-refractivity contribution in [2.45, 2.75) is 6.92 Å². The highest BCUT2D eigenvalue weighted by Crippen LogP contribution is 2.12. The lowest BCUT2D eigenvalue weighted by Crippen LogP contribution is -2.12. The highest BCUT2D eigenvalue weighted by molar-refractivity contribution is 6.31. The third-order valence-corrected chi connectivity index (χ3v) is 1.61. The number of anilines is 1. The number of aryl methyl sites for hydroxylation is 1.